The van der Waals surface area contributed by atoms with Crippen molar-refractivity contribution in [2.24, 2.45) is 0 Å². The first-order valence-corrected chi connectivity index (χ1v) is 10.6. The third kappa shape index (κ3) is 2.24. The summed E-state index contributed by atoms with van der Waals surface area (Å²) in [4.78, 5) is 13.1. The van der Waals surface area contributed by atoms with Gasteiger partial charge in [0.2, 0.25) is 0 Å². The van der Waals surface area contributed by atoms with E-state index >= 15 is 0 Å². The molecule has 0 aliphatic heterocycles. The van der Waals surface area contributed by atoms with Gasteiger partial charge in [0.25, 0.3) is 0 Å². The second-order valence-electron chi connectivity index (χ2n) is 5.53. The predicted molar refractivity (Wildman–Crippen MR) is 102 cm³/mol. The fraction of sp³-hybridized carbons (Fsp3) is 0.0500. The van der Waals surface area contributed by atoms with Gasteiger partial charge >= 0.3 is 141 Å². The van der Waals surface area contributed by atoms with Crippen LogP contribution in [0, 0.1) is 0 Å². The normalized spacial score (nSPS) is 13.0. The zero-order valence-electron chi connectivity index (χ0n) is 12.9. The molecule has 0 bridgehead atoms. The summed E-state index contributed by atoms with van der Waals surface area (Å²) in [5.41, 5.74) is 0.00117. The van der Waals surface area contributed by atoms with E-state index in [9.17, 15) is 4.79 Å². The predicted octanol–water partition coefficient (Wildman–Crippen LogP) is 4.22. The fourth-order valence-corrected chi connectivity index (χ4v) is 8.31. The third-order valence-corrected chi connectivity index (χ3v) is 11.8. The average Bonchev–Trinajstić information content (AvgIpc) is 2.63. The third-order valence-electron chi connectivity index (χ3n) is 4.31. The Labute approximate surface area is 141 Å². The van der Waals surface area contributed by atoms with E-state index in [1.807, 2.05) is 91.0 Å². The van der Waals surface area contributed by atoms with Crippen LogP contribution in [0.1, 0.15) is 6.92 Å². The summed E-state index contributed by atoms with van der Waals surface area (Å²) in [7, 11) is 0. The maximum absolute atomic E-state index is 13.1. The van der Waals surface area contributed by atoms with Gasteiger partial charge < -0.3 is 0 Å². The van der Waals surface area contributed by atoms with Crippen molar-refractivity contribution >= 4 is 38.6 Å². The van der Waals surface area contributed by atoms with Crippen LogP contribution in [0.5, 0.6) is 0 Å². The Morgan fingerprint density at radius 1 is 0.652 bits per heavy atom. The van der Waals surface area contributed by atoms with Crippen LogP contribution in [-0.4, -0.2) is 5.52 Å². The van der Waals surface area contributed by atoms with E-state index in [1.165, 1.54) is 0 Å². The molecule has 3 aromatic carbocycles. The minimum atomic E-state index is -3.68. The van der Waals surface area contributed by atoms with Gasteiger partial charge in [-0.3, -0.25) is 0 Å². The number of carbonyl (C=O) groups is 1. The molecule has 23 heavy (non-hydrogen) atoms. The summed E-state index contributed by atoms with van der Waals surface area (Å²) in [6, 6.07) is 29.2. The fourth-order valence-electron chi connectivity index (χ4n) is 3.12. The Morgan fingerprint density at radius 2 is 0.913 bits per heavy atom. The van der Waals surface area contributed by atoms with Gasteiger partial charge in [-0.25, -0.2) is 0 Å². The molecule has 0 aliphatic rings. The summed E-state index contributed by atoms with van der Waals surface area (Å²) in [5.74, 6) is -3.68. The van der Waals surface area contributed by atoms with E-state index in [-0.39, 0.29) is 5.52 Å². The SMILES string of the molecule is CC(=O)P(Cl)(c1ccccc1)(c1ccccc1)c1ccccc1. The Bertz CT molecular complexity index is 717. The van der Waals surface area contributed by atoms with Crippen LogP contribution in [-0.2, 0) is 4.79 Å². The van der Waals surface area contributed by atoms with Crippen LogP contribution in [0.15, 0.2) is 91.0 Å². The number of benzene rings is 3. The molecule has 3 aromatic rings. The molecule has 3 rings (SSSR count). The first kappa shape index (κ1) is 15.9. The average molecular weight is 341 g/mol. The van der Waals surface area contributed by atoms with Crippen LogP contribution in [0.4, 0.5) is 0 Å². The van der Waals surface area contributed by atoms with Crippen molar-refractivity contribution < 1.29 is 4.79 Å². The second-order valence-corrected chi connectivity index (χ2v) is 11.8. The summed E-state index contributed by atoms with van der Waals surface area (Å²) in [6.45, 7) is 1.61. The van der Waals surface area contributed by atoms with Gasteiger partial charge in [0.15, 0.2) is 0 Å². The summed E-state index contributed by atoms with van der Waals surface area (Å²) in [6.07, 6.45) is 0. The molecule has 0 N–H and O–H groups in total. The molecule has 0 spiro atoms. The molecule has 3 heteroatoms. The zero-order chi connectivity index (χ0) is 16.4. The maximum atomic E-state index is 13.1. The van der Waals surface area contributed by atoms with E-state index in [0.29, 0.717) is 0 Å². The van der Waals surface area contributed by atoms with Crippen molar-refractivity contribution in [1.29, 1.82) is 0 Å². The van der Waals surface area contributed by atoms with Gasteiger partial charge in [0.1, 0.15) is 0 Å². The number of halogens is 1. The number of carbonyl (C=O) groups excluding carboxylic acids is 1. The van der Waals surface area contributed by atoms with Crippen LogP contribution in [0.25, 0.3) is 0 Å². The molecule has 1 nitrogen and oxygen atoms in total. The van der Waals surface area contributed by atoms with Crippen molar-refractivity contribution in [1.82, 2.24) is 0 Å². The van der Waals surface area contributed by atoms with Crippen LogP contribution < -0.4 is 15.9 Å². The van der Waals surface area contributed by atoms with E-state index in [4.69, 9.17) is 11.2 Å². The van der Waals surface area contributed by atoms with Crippen LogP contribution in [0.2, 0.25) is 0 Å². The summed E-state index contributed by atoms with van der Waals surface area (Å²) >= 11 is 7.49. The number of hydrogen-bond donors (Lipinski definition) is 0. The van der Waals surface area contributed by atoms with Crippen molar-refractivity contribution in [2.45, 2.75) is 6.92 Å². The van der Waals surface area contributed by atoms with E-state index in [0.717, 1.165) is 15.9 Å². The van der Waals surface area contributed by atoms with Crippen molar-refractivity contribution in [3.8, 4) is 0 Å². The molecular weight excluding hydrogens is 323 g/mol. The monoisotopic (exact) mass is 340 g/mol. The van der Waals surface area contributed by atoms with Crippen LogP contribution in [0.3, 0.4) is 0 Å². The van der Waals surface area contributed by atoms with Gasteiger partial charge in [0, 0.05) is 0 Å². The molecule has 0 aliphatic carbocycles. The summed E-state index contributed by atoms with van der Waals surface area (Å²) in [5, 5.41) is 2.64. The number of hydrogen-bond acceptors (Lipinski definition) is 1. The Morgan fingerprint density at radius 3 is 1.13 bits per heavy atom. The minimum absolute atomic E-state index is 0.00117. The molecule has 0 atom stereocenters. The molecule has 0 amide bonds. The molecule has 0 aromatic heterocycles. The topological polar surface area (TPSA) is 17.1 Å². The van der Waals surface area contributed by atoms with Gasteiger partial charge in [-0.05, 0) is 0 Å². The Balaban J connectivity index is 2.50. The zero-order valence-corrected chi connectivity index (χ0v) is 14.5. The molecule has 0 saturated carbocycles. The van der Waals surface area contributed by atoms with Gasteiger partial charge in [-0.2, -0.15) is 0 Å². The first-order valence-electron chi connectivity index (χ1n) is 7.50. The van der Waals surface area contributed by atoms with E-state index < -0.39 is 5.96 Å². The standard InChI is InChI=1S/C20H18ClOP/c1-17(22)23(21,18-11-5-2-6-12-18,19-13-7-3-8-14-19)20-15-9-4-10-16-20/h2-16H,1H3. The quantitative estimate of drug-likeness (QED) is 0.650. The molecule has 0 heterocycles. The molecule has 0 fully saturated rings. The van der Waals surface area contributed by atoms with Crippen molar-refractivity contribution in [2.75, 3.05) is 0 Å². The van der Waals surface area contributed by atoms with Crippen LogP contribution >= 0.6 is 17.2 Å². The molecule has 0 unspecified atom stereocenters. The van der Waals surface area contributed by atoms with E-state index in [1.54, 1.807) is 6.92 Å². The van der Waals surface area contributed by atoms with E-state index in [2.05, 4.69) is 0 Å². The van der Waals surface area contributed by atoms with Crippen molar-refractivity contribution in [3.05, 3.63) is 91.0 Å². The first-order chi connectivity index (χ1) is 11.1. The van der Waals surface area contributed by atoms with Gasteiger partial charge in [-0.1, -0.05) is 0 Å². The molecule has 0 saturated heterocycles. The second kappa shape index (κ2) is 5.92. The Hall–Kier alpha value is -1.95. The summed E-state index contributed by atoms with van der Waals surface area (Å²) < 4.78 is 0. The molecule has 116 valence electrons. The Kier molecular flexibility index (Phi) is 4.10. The molecule has 0 radical (unpaired) electrons. The van der Waals surface area contributed by atoms with Crippen molar-refractivity contribution in [3.63, 3.8) is 0 Å². The molecular formula is C20H18ClOP. The van der Waals surface area contributed by atoms with Gasteiger partial charge in [-0.15, -0.1) is 0 Å². The van der Waals surface area contributed by atoms with Gasteiger partial charge in [0.05, 0.1) is 0 Å². The number of rotatable bonds is 4.